The molecule has 0 saturated heterocycles. The number of aromatic nitrogens is 2. The van der Waals surface area contributed by atoms with Gasteiger partial charge in [-0.25, -0.2) is 0 Å². The van der Waals surface area contributed by atoms with E-state index in [1.54, 1.807) is 6.92 Å². The van der Waals surface area contributed by atoms with E-state index in [1.807, 2.05) is 12.1 Å². The summed E-state index contributed by atoms with van der Waals surface area (Å²) in [6.07, 6.45) is 6.03. The van der Waals surface area contributed by atoms with Crippen molar-refractivity contribution in [3.05, 3.63) is 41.5 Å². The zero-order valence-corrected chi connectivity index (χ0v) is 14.8. The van der Waals surface area contributed by atoms with Crippen molar-refractivity contribution in [1.29, 1.82) is 0 Å². The number of hydrogen-bond acceptors (Lipinski definition) is 6. The minimum absolute atomic E-state index is 0.278. The van der Waals surface area contributed by atoms with Gasteiger partial charge in [0, 0.05) is 26.1 Å². The van der Waals surface area contributed by atoms with Gasteiger partial charge in [0.05, 0.1) is 0 Å². The molecule has 1 aliphatic carbocycles. The Bertz CT molecular complexity index is 642. The smallest absolute Gasteiger partial charge is 0.223 e. The Morgan fingerprint density at radius 2 is 2.00 bits per heavy atom. The fourth-order valence-corrected chi connectivity index (χ4v) is 3.37. The molecule has 136 valence electrons. The number of hydrogen-bond donors (Lipinski definition) is 2. The molecular weight excluding hydrogens is 318 g/mol. The van der Waals surface area contributed by atoms with E-state index in [4.69, 9.17) is 9.26 Å². The Morgan fingerprint density at radius 3 is 2.72 bits per heavy atom. The molecule has 2 unspecified atom stereocenters. The first-order valence-corrected chi connectivity index (χ1v) is 9.10. The van der Waals surface area contributed by atoms with E-state index < -0.39 is 0 Å². The first kappa shape index (κ1) is 17.9. The van der Waals surface area contributed by atoms with Crippen molar-refractivity contribution >= 4 is 0 Å². The number of benzene rings is 1. The van der Waals surface area contributed by atoms with Gasteiger partial charge in [0.2, 0.25) is 11.7 Å². The van der Waals surface area contributed by atoms with E-state index >= 15 is 0 Å². The first-order valence-electron chi connectivity index (χ1n) is 9.10. The van der Waals surface area contributed by atoms with Crippen LogP contribution in [0.3, 0.4) is 0 Å². The molecule has 1 fully saturated rings. The number of nitrogens with zero attached hydrogens (tertiary/aromatic N) is 2. The summed E-state index contributed by atoms with van der Waals surface area (Å²) < 4.78 is 10.6. The van der Waals surface area contributed by atoms with E-state index in [1.165, 1.54) is 24.8 Å². The van der Waals surface area contributed by atoms with Crippen molar-refractivity contribution in [3.63, 3.8) is 0 Å². The normalized spacial score (nSPS) is 21.0. The number of nitrogens with one attached hydrogen (secondary N) is 1. The van der Waals surface area contributed by atoms with Gasteiger partial charge in [-0.2, -0.15) is 4.98 Å². The molecule has 0 bridgehead atoms. The lowest BCUT2D eigenvalue weighted by atomic mass is 9.95. The van der Waals surface area contributed by atoms with Gasteiger partial charge < -0.3 is 19.7 Å². The Balaban J connectivity index is 1.48. The lowest BCUT2D eigenvalue weighted by Gasteiger charge is -2.24. The largest absolute Gasteiger partial charge is 0.485 e. The van der Waals surface area contributed by atoms with Crippen molar-refractivity contribution in [2.24, 2.45) is 5.92 Å². The summed E-state index contributed by atoms with van der Waals surface area (Å²) in [5, 5.41) is 17.0. The molecule has 2 atom stereocenters. The van der Waals surface area contributed by atoms with Gasteiger partial charge in [0.15, 0.2) is 6.61 Å². The van der Waals surface area contributed by atoms with Crippen LogP contribution in [0.15, 0.2) is 28.8 Å². The Hall–Kier alpha value is -1.92. The van der Waals surface area contributed by atoms with Gasteiger partial charge in [-0.15, -0.1) is 0 Å². The summed E-state index contributed by atoms with van der Waals surface area (Å²) in [6.45, 7) is 3.15. The summed E-state index contributed by atoms with van der Waals surface area (Å²) in [7, 11) is 0. The van der Waals surface area contributed by atoms with E-state index in [9.17, 15) is 5.11 Å². The van der Waals surface area contributed by atoms with Crippen LogP contribution in [0.5, 0.6) is 5.75 Å². The number of aliphatic hydroxyl groups excluding tert-OH is 1. The number of aliphatic hydroxyl groups is 1. The van der Waals surface area contributed by atoms with Gasteiger partial charge in [-0.3, -0.25) is 0 Å². The van der Waals surface area contributed by atoms with Crippen LogP contribution in [0.4, 0.5) is 0 Å². The predicted molar refractivity (Wildman–Crippen MR) is 94.1 cm³/mol. The highest BCUT2D eigenvalue weighted by Gasteiger charge is 2.22. The SMILES string of the molecule is Cc1nc(COc2ccc(CNC3CCCCCC3CO)cc2)no1. The molecular formula is C19H27N3O3. The molecule has 0 radical (unpaired) electrons. The van der Waals surface area contributed by atoms with Crippen molar-refractivity contribution in [1.82, 2.24) is 15.5 Å². The first-order chi connectivity index (χ1) is 12.2. The minimum atomic E-state index is 0.278. The van der Waals surface area contributed by atoms with Crippen molar-refractivity contribution < 1.29 is 14.4 Å². The fraction of sp³-hybridized carbons (Fsp3) is 0.579. The van der Waals surface area contributed by atoms with E-state index in [-0.39, 0.29) is 6.61 Å². The molecule has 25 heavy (non-hydrogen) atoms. The molecule has 0 aliphatic heterocycles. The second kappa shape index (κ2) is 8.97. The highest BCUT2D eigenvalue weighted by Crippen LogP contribution is 2.23. The van der Waals surface area contributed by atoms with E-state index in [0.29, 0.717) is 30.3 Å². The summed E-state index contributed by atoms with van der Waals surface area (Å²) >= 11 is 0. The van der Waals surface area contributed by atoms with Crippen LogP contribution < -0.4 is 10.1 Å². The van der Waals surface area contributed by atoms with Crippen LogP contribution in [0.2, 0.25) is 0 Å². The Labute approximate surface area is 148 Å². The average Bonchev–Trinajstić information content (AvgIpc) is 2.92. The summed E-state index contributed by atoms with van der Waals surface area (Å²) in [5.41, 5.74) is 1.21. The van der Waals surface area contributed by atoms with Crippen LogP contribution in [0, 0.1) is 12.8 Å². The standard InChI is InChI=1S/C19H27N3O3/c1-14-21-19(22-25-14)13-24-17-9-7-15(8-10-17)11-20-18-6-4-2-3-5-16(18)12-23/h7-10,16,18,20,23H,2-6,11-13H2,1H3. The molecule has 1 aromatic heterocycles. The third-order valence-electron chi connectivity index (χ3n) is 4.82. The molecule has 1 heterocycles. The van der Waals surface area contributed by atoms with E-state index in [2.05, 4.69) is 27.6 Å². The maximum atomic E-state index is 9.60. The molecule has 1 aromatic carbocycles. The molecule has 1 saturated carbocycles. The quantitative estimate of drug-likeness (QED) is 0.751. The Morgan fingerprint density at radius 1 is 1.20 bits per heavy atom. The maximum Gasteiger partial charge on any atom is 0.223 e. The second-order valence-electron chi connectivity index (χ2n) is 6.73. The summed E-state index contributed by atoms with van der Waals surface area (Å²) in [6, 6.07) is 8.45. The van der Waals surface area contributed by atoms with Crippen LogP contribution in [-0.2, 0) is 13.2 Å². The lowest BCUT2D eigenvalue weighted by Crippen LogP contribution is -2.36. The van der Waals surface area contributed by atoms with Crippen LogP contribution >= 0.6 is 0 Å². The molecule has 0 spiro atoms. The Kier molecular flexibility index (Phi) is 6.42. The number of rotatable bonds is 7. The molecule has 1 aliphatic rings. The van der Waals surface area contributed by atoms with Gasteiger partial charge >= 0.3 is 0 Å². The monoisotopic (exact) mass is 345 g/mol. The van der Waals surface area contributed by atoms with Crippen molar-refractivity contribution in [3.8, 4) is 5.75 Å². The van der Waals surface area contributed by atoms with Gasteiger partial charge in [0.25, 0.3) is 0 Å². The number of aryl methyl sites for hydroxylation is 1. The molecule has 2 N–H and O–H groups in total. The van der Waals surface area contributed by atoms with Gasteiger partial charge in [-0.05, 0) is 36.5 Å². The van der Waals surface area contributed by atoms with E-state index in [0.717, 1.165) is 25.1 Å². The molecule has 2 aromatic rings. The summed E-state index contributed by atoms with van der Waals surface area (Å²) in [5.74, 6) is 2.25. The predicted octanol–water partition coefficient (Wildman–Crippen LogP) is 2.99. The fourth-order valence-electron chi connectivity index (χ4n) is 3.37. The third-order valence-corrected chi connectivity index (χ3v) is 4.82. The van der Waals surface area contributed by atoms with Gasteiger partial charge in [0.1, 0.15) is 5.75 Å². The van der Waals surface area contributed by atoms with Crippen LogP contribution in [0.25, 0.3) is 0 Å². The highest BCUT2D eigenvalue weighted by atomic mass is 16.5. The molecule has 6 heteroatoms. The zero-order valence-electron chi connectivity index (χ0n) is 14.8. The molecule has 3 rings (SSSR count). The second-order valence-corrected chi connectivity index (χ2v) is 6.73. The summed E-state index contributed by atoms with van der Waals surface area (Å²) in [4.78, 5) is 4.11. The molecule has 6 nitrogen and oxygen atoms in total. The van der Waals surface area contributed by atoms with Gasteiger partial charge in [-0.1, -0.05) is 36.6 Å². The van der Waals surface area contributed by atoms with Crippen molar-refractivity contribution in [2.75, 3.05) is 6.61 Å². The van der Waals surface area contributed by atoms with Crippen LogP contribution in [-0.4, -0.2) is 27.9 Å². The number of ether oxygens (including phenoxy) is 1. The van der Waals surface area contributed by atoms with Crippen molar-refractivity contribution in [2.45, 2.75) is 58.2 Å². The topological polar surface area (TPSA) is 80.4 Å². The lowest BCUT2D eigenvalue weighted by molar-refractivity contribution is 0.181. The maximum absolute atomic E-state index is 9.60. The third kappa shape index (κ3) is 5.28. The molecule has 0 amide bonds. The minimum Gasteiger partial charge on any atom is -0.485 e. The van der Waals surface area contributed by atoms with Crippen LogP contribution in [0.1, 0.15) is 49.4 Å². The zero-order chi connectivity index (χ0) is 17.5. The average molecular weight is 345 g/mol. The highest BCUT2D eigenvalue weighted by molar-refractivity contribution is 5.27.